The lowest BCUT2D eigenvalue weighted by Gasteiger charge is -2.13. The van der Waals surface area contributed by atoms with Crippen molar-refractivity contribution < 1.29 is 14.3 Å². The monoisotopic (exact) mass is 1510 g/mol. The standard InChI is InChI=1S/C21H22OS16.C12H13NS8.C6H15N.C4H7ClO.C4H8O/c1-26-14-15(27-2)36-21(35-14)19-33-12(6-25)13(34-19)29-7-9(22)8-30-17-16(28-3)37-20(38-17)18-31-10(4-23)11(5-24)32-18;1-16-9-10(17-4-2-3-13)21-12(20-9)11-18-7(5-14)8(6-15)19-11;1-4-7(5-2)6-3;1-2-4(6)3-5;1-2-4-5-3-1/h23-25H,4-8H2,1-3H3;14-15H,2,4-6H2,1H3;4-6H2,1-3H3;2-3H2,1H3;1-4H2. The first-order chi connectivity index (χ1) is 37.3. The fraction of sp³-hybridized carbons (Fsp3) is 0.553. The Morgan fingerprint density at radius 2 is 0.831 bits per heavy atom. The molecule has 0 aromatic carbocycles. The third kappa shape index (κ3) is 27.0. The van der Waals surface area contributed by atoms with E-state index in [1.807, 2.05) is 165 Å². The minimum atomic E-state index is 0.108. The van der Waals surface area contributed by atoms with Gasteiger partial charge in [-0.2, -0.15) is 68.4 Å². The second-order valence-corrected chi connectivity index (χ2v) is 38.7. The van der Waals surface area contributed by atoms with Crippen molar-refractivity contribution in [2.24, 2.45) is 0 Å². The number of carbonyl (C=O) groups excluding carboxylic acids is 2. The molecule has 432 valence electrons. The molecule has 0 unspecified atom stereocenters. The maximum Gasteiger partial charge on any atom is 0.153 e. The summed E-state index contributed by atoms with van der Waals surface area (Å²) in [6.07, 6.45) is 12.2. The molecule has 0 bridgehead atoms. The highest BCUT2D eigenvalue weighted by Gasteiger charge is 2.33. The largest absolute Gasteiger partial charge is 0.381 e. The minimum Gasteiger partial charge on any atom is -0.381 e. The second-order valence-electron chi connectivity index (χ2n) is 14.5. The van der Waals surface area contributed by atoms with E-state index in [9.17, 15) is 9.59 Å². The highest BCUT2D eigenvalue weighted by Crippen LogP contribution is 2.66. The summed E-state index contributed by atoms with van der Waals surface area (Å²) in [6, 6.07) is 2.21. The zero-order valence-electron chi connectivity index (χ0n) is 43.7. The Morgan fingerprint density at radius 1 is 0.506 bits per heavy atom. The second kappa shape index (κ2) is 45.4. The van der Waals surface area contributed by atoms with E-state index in [2.05, 4.69) is 120 Å². The van der Waals surface area contributed by atoms with Crippen LogP contribution in [0.5, 0.6) is 0 Å². The molecule has 0 radical (unpaired) electrons. The average molecular weight is 1510 g/mol. The van der Waals surface area contributed by atoms with Crippen LogP contribution in [0.1, 0.15) is 53.4 Å². The highest BCUT2D eigenvalue weighted by molar-refractivity contribution is 8.45. The van der Waals surface area contributed by atoms with Gasteiger partial charge < -0.3 is 9.64 Å². The van der Waals surface area contributed by atoms with E-state index in [4.69, 9.17) is 21.6 Å². The molecule has 77 heavy (non-hydrogen) atoms. The van der Waals surface area contributed by atoms with Crippen LogP contribution in [-0.4, -0.2) is 126 Å². The first-order valence-electron chi connectivity index (χ1n) is 23.4. The molecule has 0 aliphatic carbocycles. The summed E-state index contributed by atoms with van der Waals surface area (Å²) in [5.74, 6) is 6.20. The topological polar surface area (TPSA) is 70.4 Å². The third-order valence-corrected chi connectivity index (χ3v) is 39.6. The van der Waals surface area contributed by atoms with Gasteiger partial charge in [0.05, 0.1) is 78.5 Å². The van der Waals surface area contributed by atoms with Gasteiger partial charge in [0.15, 0.2) is 5.78 Å². The first kappa shape index (κ1) is 76.3. The Kier molecular flexibility index (Phi) is 45.0. The summed E-state index contributed by atoms with van der Waals surface area (Å²) >= 11 is 62.0. The number of hydrogen-bond acceptors (Lipinski definition) is 29. The molecular formula is C47H65ClN2O3S24. The smallest absolute Gasteiger partial charge is 0.153 e. The van der Waals surface area contributed by atoms with Crippen molar-refractivity contribution in [2.45, 2.75) is 53.4 Å². The fourth-order valence-corrected chi connectivity index (χ4v) is 33.8. The molecule has 0 aromatic rings. The lowest BCUT2D eigenvalue weighted by atomic mass is 10.4. The van der Waals surface area contributed by atoms with E-state index in [0.29, 0.717) is 30.1 Å². The van der Waals surface area contributed by atoms with Crippen molar-refractivity contribution in [1.82, 2.24) is 4.90 Å². The van der Waals surface area contributed by atoms with Crippen LogP contribution >= 0.6 is 298 Å². The summed E-state index contributed by atoms with van der Waals surface area (Å²) in [6.45, 7) is 13.9. The number of ketones is 2. The number of rotatable bonds is 23. The number of carbonyl (C=O) groups is 2. The van der Waals surface area contributed by atoms with Crippen LogP contribution in [0, 0.1) is 11.3 Å². The van der Waals surface area contributed by atoms with Crippen molar-refractivity contribution in [2.75, 3.05) is 110 Å². The van der Waals surface area contributed by atoms with Gasteiger partial charge >= 0.3 is 0 Å². The van der Waals surface area contributed by atoms with Gasteiger partial charge in [0.2, 0.25) is 0 Å². The van der Waals surface area contributed by atoms with Gasteiger partial charge in [-0.25, -0.2) is 0 Å². The number of ether oxygens (including phenoxy) is 1. The van der Waals surface area contributed by atoms with Crippen molar-refractivity contribution in [3.05, 3.63) is 79.6 Å². The summed E-state index contributed by atoms with van der Waals surface area (Å²) in [7, 11) is 0. The normalized spacial score (nSPS) is 18.5. The molecule has 7 heterocycles. The third-order valence-electron chi connectivity index (χ3n) is 9.57. The molecule has 0 saturated carbocycles. The summed E-state index contributed by atoms with van der Waals surface area (Å²) in [5.41, 5.74) is 0. The Morgan fingerprint density at radius 3 is 1.13 bits per heavy atom. The number of thioether (sulfide) groups is 19. The lowest BCUT2D eigenvalue weighted by Crippen LogP contribution is -2.21. The zero-order valence-corrected chi connectivity index (χ0v) is 64.5. The number of alkyl halides is 1. The fourth-order valence-electron chi connectivity index (χ4n) is 5.51. The summed E-state index contributed by atoms with van der Waals surface area (Å²) < 4.78 is 22.3. The number of Topliss-reactive ketones (excluding diaryl/α,β-unsaturated/α-hetero) is 2. The Hall–Kier alpha value is 5.10. The van der Waals surface area contributed by atoms with Crippen molar-refractivity contribution in [3.63, 3.8) is 0 Å². The van der Waals surface area contributed by atoms with Crippen molar-refractivity contribution in [1.29, 1.82) is 5.26 Å². The Balaban J connectivity index is 0.000000330. The van der Waals surface area contributed by atoms with Gasteiger partial charge in [-0.15, -0.1) is 93.9 Å². The predicted molar refractivity (Wildman–Crippen MR) is 410 cm³/mol. The molecule has 7 rings (SSSR count). The van der Waals surface area contributed by atoms with Crippen LogP contribution in [0.25, 0.3) is 0 Å². The van der Waals surface area contributed by atoms with Gasteiger partial charge in [0.1, 0.15) is 5.78 Å². The quantitative estimate of drug-likeness (QED) is 0.0383. The molecule has 0 aromatic heterocycles. The lowest BCUT2D eigenvalue weighted by molar-refractivity contribution is -0.116. The molecule has 0 spiro atoms. The number of hydrogen-bond donors (Lipinski definition) is 5. The number of halogens is 1. The molecule has 0 N–H and O–H groups in total. The SMILES string of the molecule is C1CCOC1.CCC(=O)CCl.CCN(CC)CC.CSC1=C(SC)SC(=C2SC(CS)=C(SCC(=O)CSC3=C(SC)SC(=C4SC(CS)=C(CS)S4)S3)S2)S1.CSC1=C(SCCC#N)SC(=C2SC(CS)=C(CS)S2)S1. The molecule has 1 fully saturated rings. The molecule has 5 nitrogen and oxygen atoms in total. The molecule has 7 aliphatic heterocycles. The van der Waals surface area contributed by atoms with Crippen LogP contribution < -0.4 is 0 Å². The maximum absolute atomic E-state index is 12.9. The summed E-state index contributed by atoms with van der Waals surface area (Å²) in [5, 5.41) is 8.67. The van der Waals surface area contributed by atoms with Crippen LogP contribution in [0.2, 0.25) is 0 Å². The summed E-state index contributed by atoms with van der Waals surface area (Å²) in [4.78, 5) is 31.9. The first-order valence-corrected chi connectivity index (χ1v) is 44.8. The molecule has 0 amide bonds. The van der Waals surface area contributed by atoms with Gasteiger partial charge in [-0.05, 0) is 57.5 Å². The van der Waals surface area contributed by atoms with E-state index in [-0.39, 0.29) is 17.4 Å². The van der Waals surface area contributed by atoms with E-state index in [1.165, 1.54) is 112 Å². The van der Waals surface area contributed by atoms with Gasteiger partial charge in [-0.3, -0.25) is 9.59 Å². The van der Waals surface area contributed by atoms with Crippen molar-refractivity contribution >= 4 is 310 Å². The van der Waals surface area contributed by atoms with Gasteiger partial charge in [0.25, 0.3) is 0 Å². The Bertz CT molecular complexity index is 2150. The highest BCUT2D eigenvalue weighted by atomic mass is 35.5. The van der Waals surface area contributed by atoms with Crippen LogP contribution in [0.4, 0.5) is 0 Å². The molecule has 1 saturated heterocycles. The van der Waals surface area contributed by atoms with Gasteiger partial charge in [-0.1, -0.05) is 169 Å². The zero-order chi connectivity index (χ0) is 56.7. The molecular weight excluding hydrogens is 1450 g/mol. The number of nitrogens with zero attached hydrogens (tertiary/aromatic N) is 2. The van der Waals surface area contributed by atoms with Crippen LogP contribution in [-0.2, 0) is 14.3 Å². The average Bonchev–Trinajstić information content (AvgIpc) is 4.34. The molecule has 7 aliphatic rings. The predicted octanol–water partition coefficient (Wildman–Crippen LogP) is 21.3. The van der Waals surface area contributed by atoms with Crippen LogP contribution in [0.15, 0.2) is 79.6 Å². The molecule has 30 heteroatoms. The minimum absolute atomic E-state index is 0.108. The molecule has 0 atom stereocenters. The maximum atomic E-state index is 12.9. The number of thiol groups is 5. The van der Waals surface area contributed by atoms with Crippen molar-refractivity contribution in [3.8, 4) is 6.07 Å². The van der Waals surface area contributed by atoms with E-state index in [0.717, 1.165) is 42.0 Å². The van der Waals surface area contributed by atoms with E-state index >= 15 is 0 Å². The van der Waals surface area contributed by atoms with E-state index < -0.39 is 0 Å². The Labute approximate surface area is 574 Å². The van der Waals surface area contributed by atoms with Gasteiger partial charge in [0, 0.05) is 85.1 Å². The van der Waals surface area contributed by atoms with Crippen LogP contribution in [0.3, 0.4) is 0 Å². The number of nitriles is 1. The van der Waals surface area contributed by atoms with E-state index in [1.54, 1.807) is 65.7 Å².